The van der Waals surface area contributed by atoms with Crippen molar-refractivity contribution >= 4 is 23.2 Å². The molecule has 4 rings (SSSR count). The van der Waals surface area contributed by atoms with Crippen LogP contribution in [0.3, 0.4) is 0 Å². The van der Waals surface area contributed by atoms with Gasteiger partial charge in [-0.1, -0.05) is 24.3 Å². The number of nitrogens with zero attached hydrogens (tertiary/aromatic N) is 1. The topological polar surface area (TPSA) is 97.8 Å². The van der Waals surface area contributed by atoms with E-state index < -0.39 is 5.97 Å². The van der Waals surface area contributed by atoms with Crippen molar-refractivity contribution in [2.45, 2.75) is 19.4 Å². The minimum absolute atomic E-state index is 0.0187. The quantitative estimate of drug-likeness (QED) is 0.617. The van der Waals surface area contributed by atoms with E-state index in [4.69, 9.17) is 19.6 Å². The fourth-order valence-corrected chi connectivity index (χ4v) is 3.70. The van der Waals surface area contributed by atoms with Crippen LogP contribution in [0.1, 0.15) is 18.4 Å². The van der Waals surface area contributed by atoms with Crippen LogP contribution < -0.4 is 14.8 Å². The van der Waals surface area contributed by atoms with Gasteiger partial charge < -0.3 is 19.9 Å². The number of aliphatic carboxylic acids is 1. The molecule has 2 N–H and O–H groups in total. The van der Waals surface area contributed by atoms with Crippen LogP contribution in [-0.4, -0.2) is 28.8 Å². The first-order valence-electron chi connectivity index (χ1n) is 9.02. The lowest BCUT2D eigenvalue weighted by atomic mass is 10.1. The van der Waals surface area contributed by atoms with Crippen LogP contribution in [-0.2, 0) is 16.1 Å². The maximum atomic E-state index is 11.6. The summed E-state index contributed by atoms with van der Waals surface area (Å²) in [6.07, 6.45) is -0.185. The van der Waals surface area contributed by atoms with Crippen molar-refractivity contribution in [2.75, 3.05) is 6.79 Å². The molecule has 1 aromatic heterocycles. The van der Waals surface area contributed by atoms with Crippen LogP contribution in [0.5, 0.6) is 11.5 Å². The molecule has 148 valence electrons. The maximum Gasteiger partial charge on any atom is 0.303 e. The minimum atomic E-state index is -0.979. The number of carboxylic acids is 1. The molecule has 1 aliphatic heterocycles. The van der Waals surface area contributed by atoms with E-state index in [1.54, 1.807) is 11.3 Å². The molecule has 7 nitrogen and oxygen atoms in total. The molecule has 0 bridgehead atoms. The first-order chi connectivity index (χ1) is 14.1. The lowest BCUT2D eigenvalue weighted by Crippen LogP contribution is -2.23. The fourth-order valence-electron chi connectivity index (χ4n) is 2.87. The first-order valence-corrected chi connectivity index (χ1v) is 9.90. The molecule has 0 aliphatic carbocycles. The van der Waals surface area contributed by atoms with Crippen LogP contribution >= 0.6 is 11.3 Å². The number of hydrogen-bond donors (Lipinski definition) is 2. The van der Waals surface area contributed by atoms with Crippen molar-refractivity contribution in [3.63, 3.8) is 0 Å². The van der Waals surface area contributed by atoms with Gasteiger partial charge in [0.2, 0.25) is 12.7 Å². The van der Waals surface area contributed by atoms with Gasteiger partial charge in [0.05, 0.1) is 12.1 Å². The molecule has 8 heteroatoms. The Balaban J connectivity index is 1.39. The van der Waals surface area contributed by atoms with Crippen LogP contribution in [0.25, 0.3) is 21.8 Å². The van der Waals surface area contributed by atoms with E-state index in [0.29, 0.717) is 6.54 Å². The molecule has 2 aromatic carbocycles. The number of carbonyl (C=O) groups is 2. The van der Waals surface area contributed by atoms with Crippen LogP contribution in [0, 0.1) is 0 Å². The highest BCUT2D eigenvalue weighted by molar-refractivity contribution is 7.13. The smallest absolute Gasteiger partial charge is 0.303 e. The molecular weight excluding hydrogens is 392 g/mol. The standard InChI is InChI=1S/C21H18N2O5S/c24-19(7-8-20(25)26)22-10-13-1-3-14(4-2-13)21-23-16(11-29-21)15-5-6-17-18(9-15)28-12-27-17/h1-6,9,11H,7-8,10,12H2,(H,22,24)(H,25,26). The van der Waals surface area contributed by atoms with Gasteiger partial charge in [-0.2, -0.15) is 0 Å². The highest BCUT2D eigenvalue weighted by atomic mass is 32.1. The second-order valence-electron chi connectivity index (χ2n) is 6.47. The first kappa shape index (κ1) is 18.9. The van der Waals surface area contributed by atoms with E-state index >= 15 is 0 Å². The number of benzene rings is 2. The number of carbonyl (C=O) groups excluding carboxylic acids is 1. The Morgan fingerprint density at radius 2 is 1.79 bits per heavy atom. The molecule has 0 atom stereocenters. The van der Waals surface area contributed by atoms with Gasteiger partial charge >= 0.3 is 5.97 Å². The van der Waals surface area contributed by atoms with Gasteiger partial charge in [0, 0.05) is 29.5 Å². The van der Waals surface area contributed by atoms with Crippen LogP contribution in [0.2, 0.25) is 0 Å². The van der Waals surface area contributed by atoms with Gasteiger partial charge in [0.25, 0.3) is 0 Å². The molecule has 0 spiro atoms. The molecule has 1 amide bonds. The average molecular weight is 410 g/mol. The SMILES string of the molecule is O=C(O)CCC(=O)NCc1ccc(-c2nc(-c3ccc4c(c3)OCO4)cs2)cc1. The van der Waals surface area contributed by atoms with E-state index in [2.05, 4.69) is 5.32 Å². The molecule has 2 heterocycles. The molecule has 0 fully saturated rings. The summed E-state index contributed by atoms with van der Waals surface area (Å²) < 4.78 is 10.8. The predicted octanol–water partition coefficient (Wildman–Crippen LogP) is 3.69. The van der Waals surface area contributed by atoms with E-state index in [1.165, 1.54) is 0 Å². The maximum absolute atomic E-state index is 11.6. The number of nitrogens with one attached hydrogen (secondary N) is 1. The van der Waals surface area contributed by atoms with Gasteiger partial charge in [0.1, 0.15) is 5.01 Å². The Morgan fingerprint density at radius 3 is 2.59 bits per heavy atom. The summed E-state index contributed by atoms with van der Waals surface area (Å²) in [7, 11) is 0. The summed E-state index contributed by atoms with van der Waals surface area (Å²) in [5.74, 6) is 0.222. The highest BCUT2D eigenvalue weighted by Gasteiger charge is 2.15. The van der Waals surface area contributed by atoms with Gasteiger partial charge in [-0.15, -0.1) is 11.3 Å². The van der Waals surface area contributed by atoms with Crippen molar-refractivity contribution < 1.29 is 24.2 Å². The highest BCUT2D eigenvalue weighted by Crippen LogP contribution is 2.37. The predicted molar refractivity (Wildman–Crippen MR) is 108 cm³/mol. The number of amides is 1. The summed E-state index contributed by atoms with van der Waals surface area (Å²) in [5.41, 5.74) is 3.77. The van der Waals surface area contributed by atoms with Crippen LogP contribution in [0.15, 0.2) is 47.8 Å². The van der Waals surface area contributed by atoms with Crippen molar-refractivity contribution in [2.24, 2.45) is 0 Å². The Bertz CT molecular complexity index is 1050. The number of aromatic nitrogens is 1. The summed E-state index contributed by atoms with van der Waals surface area (Å²) in [6.45, 7) is 0.604. The lowest BCUT2D eigenvalue weighted by Gasteiger charge is -2.05. The molecule has 0 radical (unpaired) electrons. The summed E-state index contributed by atoms with van der Waals surface area (Å²) in [4.78, 5) is 26.8. The zero-order valence-corrected chi connectivity index (χ0v) is 16.2. The monoisotopic (exact) mass is 410 g/mol. The lowest BCUT2D eigenvalue weighted by molar-refractivity contribution is -0.138. The Kier molecular flexibility index (Phi) is 5.44. The van der Waals surface area contributed by atoms with Gasteiger partial charge in [0.15, 0.2) is 11.5 Å². The van der Waals surface area contributed by atoms with E-state index in [1.807, 2.05) is 47.8 Å². The molecule has 0 saturated carbocycles. The van der Waals surface area contributed by atoms with Crippen molar-refractivity contribution in [3.8, 4) is 33.3 Å². The minimum Gasteiger partial charge on any atom is -0.481 e. The number of ether oxygens (including phenoxy) is 2. The van der Waals surface area contributed by atoms with Crippen LogP contribution in [0.4, 0.5) is 0 Å². The normalized spacial score (nSPS) is 12.0. The third-order valence-corrected chi connectivity index (χ3v) is 5.32. The zero-order valence-electron chi connectivity index (χ0n) is 15.4. The second kappa shape index (κ2) is 8.32. The third kappa shape index (κ3) is 4.55. The van der Waals surface area contributed by atoms with Gasteiger partial charge in [-0.25, -0.2) is 4.98 Å². The molecule has 0 saturated heterocycles. The van der Waals surface area contributed by atoms with Crippen molar-refractivity contribution in [1.82, 2.24) is 10.3 Å². The third-order valence-electron chi connectivity index (χ3n) is 4.43. The van der Waals surface area contributed by atoms with Crippen molar-refractivity contribution in [1.29, 1.82) is 0 Å². The van der Waals surface area contributed by atoms with Gasteiger partial charge in [-0.05, 0) is 23.8 Å². The fraction of sp³-hybridized carbons (Fsp3) is 0.190. The van der Waals surface area contributed by atoms with E-state index in [0.717, 1.165) is 38.9 Å². The molecular formula is C21H18N2O5S. The Hall–Kier alpha value is -3.39. The molecule has 3 aromatic rings. The number of hydrogen-bond acceptors (Lipinski definition) is 6. The van der Waals surface area contributed by atoms with Crippen molar-refractivity contribution in [3.05, 3.63) is 53.4 Å². The number of rotatable bonds is 7. The second-order valence-corrected chi connectivity index (χ2v) is 7.33. The summed E-state index contributed by atoms with van der Waals surface area (Å²) in [6, 6.07) is 13.5. The molecule has 0 unspecified atom stereocenters. The summed E-state index contributed by atoms with van der Waals surface area (Å²) in [5, 5.41) is 14.2. The Morgan fingerprint density at radius 1 is 1.03 bits per heavy atom. The van der Waals surface area contributed by atoms with E-state index in [-0.39, 0.29) is 25.5 Å². The van der Waals surface area contributed by atoms with E-state index in [9.17, 15) is 9.59 Å². The number of carboxylic acid groups (broad SMARTS) is 1. The average Bonchev–Trinajstić information content (AvgIpc) is 3.40. The number of fused-ring (bicyclic) bond motifs is 1. The Labute approximate surface area is 170 Å². The summed E-state index contributed by atoms with van der Waals surface area (Å²) >= 11 is 1.56. The number of thiazole rings is 1. The largest absolute Gasteiger partial charge is 0.481 e. The van der Waals surface area contributed by atoms with Gasteiger partial charge in [-0.3, -0.25) is 9.59 Å². The molecule has 29 heavy (non-hydrogen) atoms. The molecule has 1 aliphatic rings. The zero-order chi connectivity index (χ0) is 20.2.